The van der Waals surface area contributed by atoms with E-state index < -0.39 is 0 Å². The van der Waals surface area contributed by atoms with Crippen LogP contribution >= 0.6 is 0 Å². The van der Waals surface area contributed by atoms with Crippen LogP contribution in [0.25, 0.3) is 6.20 Å². The van der Waals surface area contributed by atoms with E-state index in [-0.39, 0.29) is 11.9 Å². The number of rotatable bonds is 5. The van der Waals surface area contributed by atoms with Crippen LogP contribution in [0.2, 0.25) is 0 Å². The Morgan fingerprint density at radius 3 is 2.77 bits per heavy atom. The first-order valence-electron chi connectivity index (χ1n) is 9.25. The molecule has 2 aromatic heterocycles. The van der Waals surface area contributed by atoms with Gasteiger partial charge in [0.05, 0.1) is 18.3 Å². The van der Waals surface area contributed by atoms with Gasteiger partial charge in [-0.05, 0) is 18.9 Å². The first-order valence-corrected chi connectivity index (χ1v) is 9.25. The molecule has 0 radical (unpaired) electrons. The topological polar surface area (TPSA) is 67.2 Å². The first kappa shape index (κ1) is 16.8. The van der Waals surface area contributed by atoms with E-state index in [0.29, 0.717) is 11.7 Å². The molecule has 0 N–H and O–H groups in total. The molecule has 7 nitrogen and oxygen atoms in total. The van der Waals surface area contributed by atoms with Gasteiger partial charge in [-0.25, -0.2) is 14.6 Å². The normalized spacial score (nSPS) is 21.5. The smallest absolute Gasteiger partial charge is 0.272 e. The molecule has 0 aliphatic carbocycles. The maximum Gasteiger partial charge on any atom is 0.272 e. The molecule has 2 bridgehead atoms. The average Bonchev–Trinajstić information content (AvgIpc) is 3.41. The molecule has 7 heteroatoms. The minimum Gasteiger partial charge on any atom is -0.350 e. The molecule has 2 aliphatic heterocycles. The fourth-order valence-corrected chi connectivity index (χ4v) is 4.00. The number of carbonyl (C=O) groups is 1. The highest BCUT2D eigenvalue weighted by Gasteiger charge is 2.46. The van der Waals surface area contributed by atoms with Crippen molar-refractivity contribution >= 4 is 17.9 Å². The number of amides is 1. The Morgan fingerprint density at radius 2 is 2.12 bits per heavy atom. The van der Waals surface area contributed by atoms with Crippen LogP contribution in [0, 0.1) is 0 Å². The Bertz CT molecular complexity index is 822. The van der Waals surface area contributed by atoms with Crippen molar-refractivity contribution in [2.24, 2.45) is 0 Å². The van der Waals surface area contributed by atoms with Gasteiger partial charge in [0, 0.05) is 37.5 Å². The number of carbonyl (C=O) groups excluding carboxylic acids is 1. The number of hydrogen-bond donors (Lipinski definition) is 0. The van der Waals surface area contributed by atoms with Crippen LogP contribution in [0.3, 0.4) is 0 Å². The van der Waals surface area contributed by atoms with E-state index in [1.165, 1.54) is 4.68 Å². The van der Waals surface area contributed by atoms with Crippen molar-refractivity contribution in [1.82, 2.24) is 24.6 Å². The molecular formula is C19H24N6O. The summed E-state index contributed by atoms with van der Waals surface area (Å²) in [5.41, 5.74) is 1.65. The van der Waals surface area contributed by atoms with Gasteiger partial charge in [0.2, 0.25) is 0 Å². The van der Waals surface area contributed by atoms with E-state index in [0.717, 1.165) is 49.7 Å². The Morgan fingerprint density at radius 1 is 1.27 bits per heavy atom. The van der Waals surface area contributed by atoms with Crippen LogP contribution in [-0.2, 0) is 12.8 Å². The number of fused-ring (bicyclic) bond motifs is 2. The number of likely N-dealkylation sites (tertiary alicyclic amines) is 1. The van der Waals surface area contributed by atoms with Crippen LogP contribution in [-0.4, -0.2) is 55.7 Å². The van der Waals surface area contributed by atoms with Crippen molar-refractivity contribution in [2.75, 3.05) is 18.0 Å². The van der Waals surface area contributed by atoms with Gasteiger partial charge in [-0.15, -0.1) is 0 Å². The second kappa shape index (κ2) is 6.55. The molecular weight excluding hydrogens is 328 g/mol. The van der Waals surface area contributed by atoms with Crippen molar-refractivity contribution in [3.05, 3.63) is 42.1 Å². The SMILES string of the molecule is C=Cn1nccc1C(=O)N1C[C@@H]2C[C@H]1CN2c1cc(CC)nc(CC)n1. The van der Waals surface area contributed by atoms with E-state index in [1.54, 1.807) is 18.5 Å². The minimum absolute atomic E-state index is 0.0285. The van der Waals surface area contributed by atoms with Gasteiger partial charge in [-0.2, -0.15) is 5.10 Å². The highest BCUT2D eigenvalue weighted by molar-refractivity contribution is 5.94. The number of piperazine rings is 1. The van der Waals surface area contributed by atoms with Crippen LogP contribution < -0.4 is 4.90 Å². The van der Waals surface area contributed by atoms with E-state index in [9.17, 15) is 4.79 Å². The molecule has 136 valence electrons. The third kappa shape index (κ3) is 2.67. The van der Waals surface area contributed by atoms with Crippen molar-refractivity contribution in [2.45, 2.75) is 45.2 Å². The van der Waals surface area contributed by atoms with E-state index >= 15 is 0 Å². The lowest BCUT2D eigenvalue weighted by molar-refractivity contribution is 0.0716. The second-order valence-electron chi connectivity index (χ2n) is 6.84. The highest BCUT2D eigenvalue weighted by Crippen LogP contribution is 2.34. The Kier molecular flexibility index (Phi) is 4.22. The molecule has 2 saturated heterocycles. The molecule has 0 saturated carbocycles. The van der Waals surface area contributed by atoms with Gasteiger partial charge in [-0.1, -0.05) is 20.4 Å². The molecule has 1 amide bonds. The summed E-state index contributed by atoms with van der Waals surface area (Å²) in [6, 6.07) is 4.37. The molecule has 4 rings (SSSR count). The quantitative estimate of drug-likeness (QED) is 0.823. The Balaban J connectivity index is 1.54. The molecule has 0 spiro atoms. The number of aromatic nitrogens is 4. The average molecular weight is 352 g/mol. The summed E-state index contributed by atoms with van der Waals surface area (Å²) in [4.78, 5) is 26.5. The predicted molar refractivity (Wildman–Crippen MR) is 100.0 cm³/mol. The standard InChI is InChI=1S/C19H24N6O/c1-4-13-9-18(22-17(5-2)21-13)23-11-15-10-14(23)12-24(15)19(26)16-7-8-20-25(16)6-3/h6-9,14-15H,3-5,10-12H2,1-2H3/t14-,15-/m0/s1. The zero-order chi connectivity index (χ0) is 18.3. The van der Waals surface area contributed by atoms with Gasteiger partial charge in [0.15, 0.2) is 0 Å². The maximum absolute atomic E-state index is 12.9. The van der Waals surface area contributed by atoms with Gasteiger partial charge >= 0.3 is 0 Å². The lowest BCUT2D eigenvalue weighted by Gasteiger charge is -2.35. The zero-order valence-electron chi connectivity index (χ0n) is 15.3. The molecule has 0 unspecified atom stereocenters. The lowest BCUT2D eigenvalue weighted by Crippen LogP contribution is -2.49. The number of aryl methyl sites for hydroxylation is 2. The molecule has 4 heterocycles. The van der Waals surface area contributed by atoms with Crippen LogP contribution in [0.15, 0.2) is 24.9 Å². The van der Waals surface area contributed by atoms with Crippen LogP contribution in [0.1, 0.15) is 42.3 Å². The first-order chi connectivity index (χ1) is 12.6. The molecule has 2 atom stereocenters. The van der Waals surface area contributed by atoms with Crippen LogP contribution in [0.5, 0.6) is 0 Å². The molecule has 2 aliphatic rings. The van der Waals surface area contributed by atoms with Crippen molar-refractivity contribution in [1.29, 1.82) is 0 Å². The largest absolute Gasteiger partial charge is 0.350 e. The van der Waals surface area contributed by atoms with Crippen molar-refractivity contribution in [3.8, 4) is 0 Å². The molecule has 0 aromatic carbocycles. The Labute approximate surface area is 153 Å². The van der Waals surface area contributed by atoms with Crippen molar-refractivity contribution in [3.63, 3.8) is 0 Å². The highest BCUT2D eigenvalue weighted by atomic mass is 16.2. The molecule has 2 fully saturated rings. The fourth-order valence-electron chi connectivity index (χ4n) is 4.00. The van der Waals surface area contributed by atoms with E-state index in [2.05, 4.69) is 41.5 Å². The van der Waals surface area contributed by atoms with Gasteiger partial charge < -0.3 is 9.80 Å². The Hall–Kier alpha value is -2.70. The number of hydrogen-bond acceptors (Lipinski definition) is 5. The van der Waals surface area contributed by atoms with E-state index in [1.807, 2.05) is 4.90 Å². The number of anilines is 1. The number of nitrogens with zero attached hydrogens (tertiary/aromatic N) is 6. The summed E-state index contributed by atoms with van der Waals surface area (Å²) in [5.74, 6) is 1.93. The van der Waals surface area contributed by atoms with Gasteiger partial charge in [0.1, 0.15) is 17.3 Å². The lowest BCUT2D eigenvalue weighted by atomic mass is 10.2. The van der Waals surface area contributed by atoms with Gasteiger partial charge in [-0.3, -0.25) is 4.79 Å². The summed E-state index contributed by atoms with van der Waals surface area (Å²) in [5, 5.41) is 4.11. The summed E-state index contributed by atoms with van der Waals surface area (Å²) in [7, 11) is 0. The summed E-state index contributed by atoms with van der Waals surface area (Å²) in [6.07, 6.45) is 5.92. The van der Waals surface area contributed by atoms with E-state index in [4.69, 9.17) is 4.98 Å². The minimum atomic E-state index is 0.0285. The van der Waals surface area contributed by atoms with Crippen LogP contribution in [0.4, 0.5) is 5.82 Å². The van der Waals surface area contributed by atoms with Crippen molar-refractivity contribution < 1.29 is 4.79 Å². The molecule has 2 aromatic rings. The maximum atomic E-state index is 12.9. The monoisotopic (exact) mass is 352 g/mol. The zero-order valence-corrected chi connectivity index (χ0v) is 15.3. The third-order valence-electron chi connectivity index (χ3n) is 5.35. The van der Waals surface area contributed by atoms with Gasteiger partial charge in [0.25, 0.3) is 5.91 Å². The third-order valence-corrected chi connectivity index (χ3v) is 5.35. The summed E-state index contributed by atoms with van der Waals surface area (Å²) < 4.78 is 1.54. The molecule has 26 heavy (non-hydrogen) atoms. The summed E-state index contributed by atoms with van der Waals surface area (Å²) >= 11 is 0. The summed E-state index contributed by atoms with van der Waals surface area (Å²) in [6.45, 7) is 9.45. The predicted octanol–water partition coefficient (Wildman–Crippen LogP) is 2.00. The second-order valence-corrected chi connectivity index (χ2v) is 6.84. The fraction of sp³-hybridized carbons (Fsp3) is 0.474.